The molecular weight excluding hydrogens is 1590 g/mol. The third-order valence-corrected chi connectivity index (χ3v) is 22.8. The van der Waals surface area contributed by atoms with Crippen LogP contribution in [0, 0.1) is 62.8 Å². The molecule has 8 heterocycles. The van der Waals surface area contributed by atoms with Crippen molar-refractivity contribution in [3.8, 4) is 0 Å². The summed E-state index contributed by atoms with van der Waals surface area (Å²) in [6.07, 6.45) is 10.4. The number of rotatable bonds is 14. The number of hydrogen-bond donors (Lipinski definition) is 5. The number of halogens is 6. The summed E-state index contributed by atoms with van der Waals surface area (Å²) in [6.45, 7) is 27.2. The number of esters is 2. The van der Waals surface area contributed by atoms with E-state index in [1.807, 2.05) is 44.4 Å². The molecule has 4 unspecified atom stereocenters. The number of carbonyl (C=O) groups is 5. The van der Waals surface area contributed by atoms with E-state index in [1.165, 1.54) is 48.5 Å². The van der Waals surface area contributed by atoms with Crippen LogP contribution in [0.2, 0.25) is 0 Å². The summed E-state index contributed by atoms with van der Waals surface area (Å²) in [5, 5.41) is 26.7. The van der Waals surface area contributed by atoms with Crippen LogP contribution in [0.4, 0.5) is 39.4 Å². The van der Waals surface area contributed by atoms with Gasteiger partial charge in [-0.1, -0.05) is 13.8 Å². The number of anilines is 3. The molecule has 0 radical (unpaired) electrons. The molecule has 616 valence electrons. The number of aryl methyl sites for hydroxylation is 4. The standard InChI is InChI=1S/C21H25FN2O3.C19H21FN2O3.C18H20FN3O3.C16H15BrFNO3.C9H18N2O2.ClH.Na.H2O/c1-4-27-21(26)16-9-14-10-17(22)19(23-8-7-12(2)11-23)13(3)18(14)24(20(16)25)15-5-6-15;1-10-5-6-21(9-10)17-11(2)16-12(8-15(17)20)7-14(19(24)25)18(23)22(16)13-3-4-13;1-9-15-10(7-14(19)16(9)21-5-4-11(20)8-21)6-13(18(24)25)17(23)22(15)12-2-3-12;1-3-22-16(21)11-6-9-7-12(18)13(17)8(2)14(9)19(15(11)20)10-4-5-10;1-9(2,3)13-8(12)11-7-4-5-10-6-7;;;/h9-10,12,15H,4-8,11H2,1-3H3;7-8,10,13H,3-6,9H2,1-2H3,(H,24,25);6-7,11-12H,2-5,8,20H2,1H3,(H,24,25);6-7,10H,3-5H2,1-2H3;7,10H,4-6H2,1-3H3,(H,11,12);1H;;1H2/q;;;;;;+1;/p-1. The van der Waals surface area contributed by atoms with Crippen LogP contribution in [0.25, 0.3) is 43.6 Å². The second-order valence-corrected chi connectivity index (χ2v) is 32.8. The molecule has 32 heteroatoms. The monoisotopic (exact) mass is 1690 g/mol. The zero-order chi connectivity index (χ0) is 81.0. The Morgan fingerprint density at radius 1 is 0.513 bits per heavy atom. The van der Waals surface area contributed by atoms with Crippen molar-refractivity contribution in [3.63, 3.8) is 0 Å². The van der Waals surface area contributed by atoms with Crippen LogP contribution < -0.4 is 82.9 Å². The second kappa shape index (κ2) is 37.1. The Morgan fingerprint density at radius 3 is 1.12 bits per heavy atom. The molecule has 4 aromatic heterocycles. The zero-order valence-corrected chi connectivity index (χ0v) is 71.4. The smallest absolute Gasteiger partial charge is 0.870 e. The number of aromatic nitrogens is 4. The summed E-state index contributed by atoms with van der Waals surface area (Å²) < 4.78 is 80.6. The fourth-order valence-electron chi connectivity index (χ4n) is 16.0. The number of fused-ring (bicyclic) bond motifs is 4. The minimum absolute atomic E-state index is 0. The van der Waals surface area contributed by atoms with Gasteiger partial charge in [0.15, 0.2) is 0 Å². The molecule has 115 heavy (non-hydrogen) atoms. The maximum absolute atomic E-state index is 15.0. The summed E-state index contributed by atoms with van der Waals surface area (Å²) >= 11 is 3.22. The number of amides is 1. The molecule has 8 aliphatic rings. The maximum atomic E-state index is 15.0. The van der Waals surface area contributed by atoms with Gasteiger partial charge in [-0.25, -0.2) is 41.5 Å². The summed E-state index contributed by atoms with van der Waals surface area (Å²) in [4.78, 5) is 116. The van der Waals surface area contributed by atoms with Gasteiger partial charge in [0.25, 0.3) is 22.2 Å². The number of benzene rings is 4. The van der Waals surface area contributed by atoms with Gasteiger partial charge in [0, 0.05) is 104 Å². The first-order valence-electron chi connectivity index (χ1n) is 38.8. The number of carboxylic acids is 2. The molecule has 8 fully saturated rings. The van der Waals surface area contributed by atoms with E-state index in [2.05, 4.69) is 45.3 Å². The van der Waals surface area contributed by atoms with Crippen molar-refractivity contribution in [2.45, 2.75) is 195 Å². The molecule has 25 nitrogen and oxygen atoms in total. The molecule has 4 aliphatic carbocycles. The molecule has 0 spiro atoms. The SMILES string of the molecule is CC(C)(C)OC(=O)NC1CCNC1.CCOC(=O)c1cc2cc(F)c(Br)c(C)c2n(C2CC2)c1=O.CCOC(=O)c1cc2cc(F)c(N3CCC(C)C3)c(C)c2n(C2CC2)c1=O.Cc1c(N2CCC(C)C2)c(F)cc2cc(C(=O)O)c(=O)n(C3CC3)c12.Cc1c(N2CCC(N)C2)c(F)cc2cc(C(=O)O)c(=O)n(C3CC3)c12.Cl.[Na+].[OH-]. The number of alkyl carbamates (subject to hydrolysis) is 1. The summed E-state index contributed by atoms with van der Waals surface area (Å²) in [7, 11) is 0. The average Bonchev–Trinajstić information content (AvgIpc) is 1.15. The van der Waals surface area contributed by atoms with Crippen LogP contribution in [0.5, 0.6) is 0 Å². The number of nitrogens with one attached hydrogen (secondary N) is 2. The fourth-order valence-corrected chi connectivity index (χ4v) is 16.4. The van der Waals surface area contributed by atoms with E-state index in [0.29, 0.717) is 95.7 Å². The molecule has 4 aliphatic heterocycles. The van der Waals surface area contributed by atoms with E-state index < -0.39 is 52.2 Å². The number of nitrogens with zero attached hydrogens (tertiary/aromatic N) is 7. The molecule has 8 aromatic rings. The molecule has 0 bridgehead atoms. The van der Waals surface area contributed by atoms with Gasteiger partial charge in [0.05, 0.1) is 56.8 Å². The van der Waals surface area contributed by atoms with Crippen molar-refractivity contribution < 1.29 is 101 Å². The van der Waals surface area contributed by atoms with Crippen molar-refractivity contribution >= 4 is 119 Å². The molecule has 7 N–H and O–H groups in total. The van der Waals surface area contributed by atoms with Gasteiger partial charge in [-0.2, -0.15) is 0 Å². The molecule has 4 saturated heterocycles. The number of pyridine rings is 4. The first kappa shape index (κ1) is 90.6. The van der Waals surface area contributed by atoms with Gasteiger partial charge in [0.2, 0.25) is 0 Å². The molecule has 4 saturated carbocycles. The van der Waals surface area contributed by atoms with E-state index in [1.54, 1.807) is 46.0 Å². The van der Waals surface area contributed by atoms with Gasteiger partial charge in [-0.05, 0) is 244 Å². The largest absolute Gasteiger partial charge is 1.00 e. The second-order valence-electron chi connectivity index (χ2n) is 32.0. The van der Waals surface area contributed by atoms with Crippen LogP contribution in [0.15, 0.2) is 72.2 Å². The summed E-state index contributed by atoms with van der Waals surface area (Å²) in [5.74, 6) is -4.30. The van der Waals surface area contributed by atoms with Crippen LogP contribution in [-0.4, -0.2) is 147 Å². The van der Waals surface area contributed by atoms with Gasteiger partial charge < -0.3 is 79.2 Å². The Morgan fingerprint density at radius 2 is 0.835 bits per heavy atom. The first-order chi connectivity index (χ1) is 53.1. The van der Waals surface area contributed by atoms with Gasteiger partial charge >= 0.3 is 59.5 Å². The third kappa shape index (κ3) is 19.6. The Kier molecular flexibility index (Phi) is 29.2. The number of nitrogens with two attached hydrogens (primary N) is 1. The van der Waals surface area contributed by atoms with Crippen LogP contribution >= 0.6 is 28.3 Å². The van der Waals surface area contributed by atoms with Crippen LogP contribution in [-0.2, 0) is 14.2 Å². The number of ether oxygens (including phenoxy) is 3. The zero-order valence-electron chi connectivity index (χ0n) is 67.0. The van der Waals surface area contributed by atoms with Gasteiger partial charge in [0.1, 0.15) is 51.1 Å². The Balaban J connectivity index is 0.000000166. The quantitative estimate of drug-likeness (QED) is 0.0292. The predicted octanol–water partition coefficient (Wildman–Crippen LogP) is 11.0. The van der Waals surface area contributed by atoms with E-state index in [9.17, 15) is 66.5 Å². The van der Waals surface area contributed by atoms with E-state index in [0.717, 1.165) is 133 Å². The topological polar surface area (TPSA) is 331 Å². The van der Waals surface area contributed by atoms with Crippen LogP contribution in [0.1, 0.15) is 213 Å². The number of carboxylic acid groups (broad SMARTS) is 2. The molecule has 16 rings (SSSR count). The first-order valence-corrected chi connectivity index (χ1v) is 39.6. The van der Waals surface area contributed by atoms with Crippen LogP contribution in [0.3, 0.4) is 0 Å². The van der Waals surface area contributed by atoms with Crippen molar-refractivity contribution in [1.29, 1.82) is 0 Å². The summed E-state index contributed by atoms with van der Waals surface area (Å²) in [5.41, 5.74) is 10.4. The molecule has 4 atom stereocenters. The average molecular weight is 1690 g/mol. The Bertz CT molecular complexity index is 5210. The maximum Gasteiger partial charge on any atom is 1.00 e. The Hall–Kier alpha value is -8.36. The molecule has 1 amide bonds. The van der Waals surface area contributed by atoms with E-state index in [-0.39, 0.29) is 148 Å². The van der Waals surface area contributed by atoms with Crippen molar-refractivity contribution in [3.05, 3.63) is 162 Å². The van der Waals surface area contributed by atoms with Gasteiger partial charge in [-0.15, -0.1) is 12.4 Å². The third-order valence-electron chi connectivity index (χ3n) is 21.8. The Labute approximate surface area is 699 Å². The number of hydrogen-bond acceptors (Lipinski definition) is 18. The number of aromatic carboxylic acids is 2. The van der Waals surface area contributed by atoms with Crippen molar-refractivity contribution in [2.75, 3.05) is 80.3 Å². The molecule has 4 aromatic carbocycles. The summed E-state index contributed by atoms with van der Waals surface area (Å²) in [6, 6.07) is 11.4. The number of carbonyl (C=O) groups excluding carboxylic acids is 3. The minimum atomic E-state index is -1.28. The predicted molar refractivity (Wildman–Crippen MR) is 435 cm³/mol. The van der Waals surface area contributed by atoms with Crippen molar-refractivity contribution in [2.24, 2.45) is 17.6 Å². The van der Waals surface area contributed by atoms with E-state index in [4.69, 9.17) is 19.9 Å². The normalized spacial score (nSPS) is 18.8. The van der Waals surface area contributed by atoms with Crippen molar-refractivity contribution in [1.82, 2.24) is 28.9 Å². The fraction of sp³-hybridized carbons (Fsp3) is 0.506. The molecular formula is C83H101BrClF4N10NaO15. The minimum Gasteiger partial charge on any atom is -0.870 e. The van der Waals surface area contributed by atoms with E-state index >= 15 is 4.39 Å². The van der Waals surface area contributed by atoms with Gasteiger partial charge in [-0.3, -0.25) is 19.2 Å².